The van der Waals surface area contributed by atoms with Crippen LogP contribution in [0.1, 0.15) is 26.7 Å². The Bertz CT molecular complexity index is 242. The molecule has 0 radical (unpaired) electrons. The molecular weight excluding hydrogens is 152 g/mol. The first-order valence-corrected chi connectivity index (χ1v) is 4.57. The van der Waals surface area contributed by atoms with Gasteiger partial charge < -0.3 is 4.74 Å². The molecule has 0 aromatic heterocycles. The summed E-state index contributed by atoms with van der Waals surface area (Å²) in [5.74, 6) is 1.11. The van der Waals surface area contributed by atoms with Crippen LogP contribution in [0.25, 0.3) is 0 Å². The molecule has 66 valence electrons. The molecule has 1 aliphatic carbocycles. The average Bonchev–Trinajstić information content (AvgIpc) is 2.42. The van der Waals surface area contributed by atoms with E-state index in [1.807, 2.05) is 0 Å². The van der Waals surface area contributed by atoms with Crippen molar-refractivity contribution in [2.24, 2.45) is 17.8 Å². The number of cyclic esters (lactones) is 1. The molecule has 1 fully saturated rings. The number of carbonyl (C=O) groups excluding carboxylic acids is 1. The van der Waals surface area contributed by atoms with Gasteiger partial charge in [-0.3, -0.25) is 4.79 Å². The zero-order chi connectivity index (χ0) is 8.72. The summed E-state index contributed by atoms with van der Waals surface area (Å²) >= 11 is 0. The van der Waals surface area contributed by atoms with Crippen LogP contribution in [-0.2, 0) is 9.53 Å². The van der Waals surface area contributed by atoms with Gasteiger partial charge in [-0.25, -0.2) is 0 Å². The molecule has 0 aromatic rings. The van der Waals surface area contributed by atoms with E-state index in [1.54, 1.807) is 6.26 Å². The van der Waals surface area contributed by atoms with Gasteiger partial charge in [0, 0.05) is 0 Å². The molecule has 0 spiro atoms. The fourth-order valence-electron chi connectivity index (χ4n) is 2.42. The van der Waals surface area contributed by atoms with Gasteiger partial charge in [0.05, 0.1) is 12.2 Å². The van der Waals surface area contributed by atoms with Gasteiger partial charge in [0.25, 0.3) is 0 Å². The van der Waals surface area contributed by atoms with E-state index in [0.29, 0.717) is 11.8 Å². The molecule has 1 aliphatic heterocycles. The van der Waals surface area contributed by atoms with E-state index in [0.717, 1.165) is 12.8 Å². The lowest BCUT2D eigenvalue weighted by Gasteiger charge is -2.25. The molecule has 2 aliphatic rings. The third-order valence-corrected chi connectivity index (χ3v) is 3.20. The van der Waals surface area contributed by atoms with E-state index in [2.05, 4.69) is 13.8 Å². The topological polar surface area (TPSA) is 26.3 Å². The van der Waals surface area contributed by atoms with E-state index >= 15 is 0 Å². The van der Waals surface area contributed by atoms with Gasteiger partial charge in [0.2, 0.25) is 0 Å². The molecule has 0 N–H and O–H groups in total. The van der Waals surface area contributed by atoms with E-state index in [-0.39, 0.29) is 11.9 Å². The summed E-state index contributed by atoms with van der Waals surface area (Å²) in [6, 6.07) is 0. The summed E-state index contributed by atoms with van der Waals surface area (Å²) in [5.41, 5.74) is 1.24. The number of hydrogen-bond acceptors (Lipinski definition) is 2. The Hall–Kier alpha value is -0.790. The molecule has 2 rings (SSSR count). The molecule has 12 heavy (non-hydrogen) atoms. The van der Waals surface area contributed by atoms with Crippen molar-refractivity contribution in [2.75, 3.05) is 0 Å². The van der Waals surface area contributed by atoms with Crippen molar-refractivity contribution >= 4 is 5.97 Å². The second kappa shape index (κ2) is 2.61. The molecule has 3 atom stereocenters. The van der Waals surface area contributed by atoms with E-state index in [9.17, 15) is 4.79 Å². The van der Waals surface area contributed by atoms with Gasteiger partial charge >= 0.3 is 5.97 Å². The maximum absolute atomic E-state index is 11.4. The lowest BCUT2D eigenvalue weighted by molar-refractivity contribution is -0.146. The molecule has 0 bridgehead atoms. The number of ether oxygens (including phenoxy) is 1. The van der Waals surface area contributed by atoms with Crippen LogP contribution in [0.5, 0.6) is 0 Å². The first-order chi connectivity index (χ1) is 5.70. The summed E-state index contributed by atoms with van der Waals surface area (Å²) in [6.07, 6.45) is 3.94. The highest BCUT2D eigenvalue weighted by molar-refractivity contribution is 5.75. The largest absolute Gasteiger partial charge is 0.434 e. The van der Waals surface area contributed by atoms with Gasteiger partial charge in [0.15, 0.2) is 0 Å². The SMILES string of the molecule is CC1=COC(=O)[C@@H]2[C@H](C)CC[C@H]12. The van der Waals surface area contributed by atoms with Crippen LogP contribution in [0.2, 0.25) is 0 Å². The fourth-order valence-corrected chi connectivity index (χ4v) is 2.42. The summed E-state index contributed by atoms with van der Waals surface area (Å²) in [7, 11) is 0. The first-order valence-electron chi connectivity index (χ1n) is 4.57. The zero-order valence-corrected chi connectivity index (χ0v) is 7.54. The van der Waals surface area contributed by atoms with Crippen LogP contribution in [-0.4, -0.2) is 5.97 Å². The number of fused-ring (bicyclic) bond motifs is 1. The van der Waals surface area contributed by atoms with Crippen molar-refractivity contribution in [3.05, 3.63) is 11.8 Å². The Balaban J connectivity index is 2.29. The molecular formula is C10H14O2. The van der Waals surface area contributed by atoms with E-state index in [1.165, 1.54) is 5.57 Å². The highest BCUT2D eigenvalue weighted by atomic mass is 16.5. The zero-order valence-electron chi connectivity index (χ0n) is 7.54. The summed E-state index contributed by atoms with van der Waals surface area (Å²) in [6.45, 7) is 4.20. The number of rotatable bonds is 0. The predicted molar refractivity (Wildman–Crippen MR) is 45.2 cm³/mol. The molecule has 2 heteroatoms. The minimum Gasteiger partial charge on any atom is -0.434 e. The fraction of sp³-hybridized carbons (Fsp3) is 0.700. The average molecular weight is 166 g/mol. The molecule has 1 heterocycles. The van der Waals surface area contributed by atoms with Crippen molar-refractivity contribution < 1.29 is 9.53 Å². The lowest BCUT2D eigenvalue weighted by Crippen LogP contribution is -2.28. The lowest BCUT2D eigenvalue weighted by atomic mass is 9.85. The van der Waals surface area contributed by atoms with Crippen molar-refractivity contribution in [3.8, 4) is 0 Å². The smallest absolute Gasteiger partial charge is 0.314 e. The van der Waals surface area contributed by atoms with Crippen LogP contribution in [0, 0.1) is 17.8 Å². The van der Waals surface area contributed by atoms with Gasteiger partial charge in [-0.05, 0) is 37.2 Å². The summed E-state index contributed by atoms with van der Waals surface area (Å²) in [4.78, 5) is 11.4. The molecule has 0 saturated heterocycles. The summed E-state index contributed by atoms with van der Waals surface area (Å²) < 4.78 is 4.97. The Kier molecular flexibility index (Phi) is 1.71. The van der Waals surface area contributed by atoms with Crippen molar-refractivity contribution in [1.29, 1.82) is 0 Å². The maximum Gasteiger partial charge on any atom is 0.314 e. The van der Waals surface area contributed by atoms with Gasteiger partial charge in [0.1, 0.15) is 0 Å². The van der Waals surface area contributed by atoms with Crippen molar-refractivity contribution in [1.82, 2.24) is 0 Å². The minimum absolute atomic E-state index is 0.0180. The third kappa shape index (κ3) is 0.977. The molecule has 2 nitrogen and oxygen atoms in total. The first kappa shape index (κ1) is 7.84. The minimum atomic E-state index is -0.0180. The van der Waals surface area contributed by atoms with Crippen LogP contribution >= 0.6 is 0 Å². The number of esters is 1. The van der Waals surface area contributed by atoms with Crippen LogP contribution in [0.15, 0.2) is 11.8 Å². The van der Waals surface area contributed by atoms with Crippen LogP contribution in [0.3, 0.4) is 0 Å². The quantitative estimate of drug-likeness (QED) is 0.515. The van der Waals surface area contributed by atoms with Gasteiger partial charge in [-0.1, -0.05) is 6.92 Å². The van der Waals surface area contributed by atoms with Crippen LogP contribution < -0.4 is 0 Å². The molecule has 1 saturated carbocycles. The summed E-state index contributed by atoms with van der Waals surface area (Å²) in [5, 5.41) is 0. The normalized spacial score (nSPS) is 40.3. The molecule has 0 aromatic carbocycles. The Morgan fingerprint density at radius 2 is 2.25 bits per heavy atom. The van der Waals surface area contributed by atoms with Gasteiger partial charge in [-0.15, -0.1) is 0 Å². The van der Waals surface area contributed by atoms with Crippen LogP contribution in [0.4, 0.5) is 0 Å². The number of carbonyl (C=O) groups is 1. The predicted octanol–water partition coefficient (Wildman–Crippen LogP) is 2.11. The number of hydrogen-bond donors (Lipinski definition) is 0. The highest BCUT2D eigenvalue weighted by Crippen LogP contribution is 2.43. The van der Waals surface area contributed by atoms with Crippen molar-refractivity contribution in [2.45, 2.75) is 26.7 Å². The van der Waals surface area contributed by atoms with E-state index in [4.69, 9.17) is 4.74 Å². The Labute approximate surface area is 72.6 Å². The third-order valence-electron chi connectivity index (χ3n) is 3.20. The molecule has 0 amide bonds. The number of allylic oxidation sites excluding steroid dienone is 1. The second-order valence-electron chi connectivity index (χ2n) is 3.99. The second-order valence-corrected chi connectivity index (χ2v) is 3.99. The van der Waals surface area contributed by atoms with Crippen molar-refractivity contribution in [3.63, 3.8) is 0 Å². The standard InChI is InChI=1S/C10H14O2/c1-6-3-4-8-7(2)5-12-10(11)9(6)8/h5-6,8-9H,3-4H2,1-2H3/t6-,8-,9-/m1/s1. The Morgan fingerprint density at radius 1 is 1.50 bits per heavy atom. The maximum atomic E-state index is 11.4. The molecule has 0 unspecified atom stereocenters. The van der Waals surface area contributed by atoms with E-state index < -0.39 is 0 Å². The highest BCUT2D eigenvalue weighted by Gasteiger charge is 2.42. The Morgan fingerprint density at radius 3 is 2.92 bits per heavy atom. The monoisotopic (exact) mass is 166 g/mol. The van der Waals surface area contributed by atoms with Gasteiger partial charge in [-0.2, -0.15) is 0 Å².